The standard InChI is InChI=1S/C27H33N5O4/c1-32-16-20-6-5-19(15-24(20)31-32)26(33)30-23(27(34)35)10-12-36-22-13-17(14-22)4-8-21-9-7-18-3-2-11-28-25(18)29-21/h5-7,9,15-17,22-23H,2-4,8,10-14H2,1H3,(H,28,29)(H,30,33)(H,34,35)/t17-,22-,23-/m0/s1. The van der Waals surface area contributed by atoms with Gasteiger partial charge in [-0.2, -0.15) is 5.10 Å². The highest BCUT2D eigenvalue weighted by Gasteiger charge is 2.30. The van der Waals surface area contributed by atoms with Crippen molar-refractivity contribution in [1.82, 2.24) is 20.1 Å². The molecule has 3 N–H and O–H groups in total. The van der Waals surface area contributed by atoms with Crippen LogP contribution in [0.3, 0.4) is 0 Å². The molecule has 190 valence electrons. The molecule has 2 aliphatic rings. The van der Waals surface area contributed by atoms with Crippen LogP contribution in [0.5, 0.6) is 0 Å². The molecular weight excluding hydrogens is 458 g/mol. The third-order valence-corrected chi connectivity index (χ3v) is 7.20. The number of nitrogens with zero attached hydrogens (tertiary/aromatic N) is 3. The first-order valence-corrected chi connectivity index (χ1v) is 12.8. The van der Waals surface area contributed by atoms with Crippen molar-refractivity contribution in [2.75, 3.05) is 18.5 Å². The highest BCUT2D eigenvalue weighted by Crippen LogP contribution is 2.34. The molecule has 36 heavy (non-hydrogen) atoms. The third-order valence-electron chi connectivity index (χ3n) is 7.20. The fourth-order valence-corrected chi connectivity index (χ4v) is 5.04. The number of nitrogens with one attached hydrogen (secondary N) is 2. The van der Waals surface area contributed by atoms with Crippen LogP contribution in [0.2, 0.25) is 0 Å². The first-order valence-electron chi connectivity index (χ1n) is 12.8. The Morgan fingerprint density at radius 3 is 2.97 bits per heavy atom. The lowest BCUT2D eigenvalue weighted by atomic mass is 9.79. The molecule has 1 saturated carbocycles. The van der Waals surface area contributed by atoms with Gasteiger partial charge in [0.05, 0.1) is 11.6 Å². The van der Waals surface area contributed by atoms with Gasteiger partial charge in [0, 0.05) is 49.5 Å². The average molecular weight is 492 g/mol. The van der Waals surface area contributed by atoms with Crippen LogP contribution in [0.4, 0.5) is 5.82 Å². The molecule has 0 bridgehead atoms. The number of aryl methyl sites for hydroxylation is 3. The van der Waals surface area contributed by atoms with Gasteiger partial charge in [0.25, 0.3) is 5.91 Å². The average Bonchev–Trinajstić information content (AvgIpc) is 3.22. The van der Waals surface area contributed by atoms with Crippen LogP contribution in [0.25, 0.3) is 10.9 Å². The van der Waals surface area contributed by atoms with Crippen LogP contribution in [-0.2, 0) is 29.4 Å². The Kier molecular flexibility index (Phi) is 7.18. The maximum absolute atomic E-state index is 12.6. The normalized spacial score (nSPS) is 19.7. The number of carbonyl (C=O) groups is 2. The molecule has 1 fully saturated rings. The van der Waals surface area contributed by atoms with E-state index in [1.165, 1.54) is 12.0 Å². The lowest BCUT2D eigenvalue weighted by Gasteiger charge is -2.35. The quantitative estimate of drug-likeness (QED) is 0.398. The molecule has 9 heteroatoms. The summed E-state index contributed by atoms with van der Waals surface area (Å²) in [5.41, 5.74) is 3.53. The summed E-state index contributed by atoms with van der Waals surface area (Å²) in [4.78, 5) is 29.1. The smallest absolute Gasteiger partial charge is 0.326 e. The Hall–Kier alpha value is -3.46. The van der Waals surface area contributed by atoms with Gasteiger partial charge in [-0.25, -0.2) is 9.78 Å². The van der Waals surface area contributed by atoms with Crippen molar-refractivity contribution in [2.24, 2.45) is 13.0 Å². The number of ether oxygens (including phenoxy) is 1. The maximum Gasteiger partial charge on any atom is 0.326 e. The number of rotatable bonds is 10. The van der Waals surface area contributed by atoms with Gasteiger partial charge in [0.1, 0.15) is 11.9 Å². The molecule has 1 aliphatic carbocycles. The first kappa shape index (κ1) is 24.2. The van der Waals surface area contributed by atoms with Crippen LogP contribution in [-0.4, -0.2) is 57.0 Å². The van der Waals surface area contributed by atoms with Gasteiger partial charge in [-0.05, 0) is 68.2 Å². The second-order valence-corrected chi connectivity index (χ2v) is 9.94. The lowest BCUT2D eigenvalue weighted by Crippen LogP contribution is -2.42. The number of hydrogen-bond acceptors (Lipinski definition) is 6. The zero-order chi connectivity index (χ0) is 25.1. The van der Waals surface area contributed by atoms with Crippen molar-refractivity contribution < 1.29 is 19.4 Å². The number of benzene rings is 1. The van der Waals surface area contributed by atoms with Crippen molar-refractivity contribution in [3.05, 3.63) is 53.3 Å². The highest BCUT2D eigenvalue weighted by atomic mass is 16.5. The van der Waals surface area contributed by atoms with Crippen LogP contribution in [0.1, 0.15) is 53.7 Å². The summed E-state index contributed by atoms with van der Waals surface area (Å²) in [7, 11) is 1.81. The molecule has 1 atom stereocenters. The predicted octanol–water partition coefficient (Wildman–Crippen LogP) is 3.33. The zero-order valence-corrected chi connectivity index (χ0v) is 20.6. The Bertz CT molecular complexity index is 1250. The van der Waals surface area contributed by atoms with Crippen LogP contribution >= 0.6 is 0 Å². The molecule has 1 aromatic carbocycles. The van der Waals surface area contributed by atoms with Gasteiger partial charge in [-0.15, -0.1) is 0 Å². The van der Waals surface area contributed by atoms with E-state index in [1.54, 1.807) is 16.8 Å². The Morgan fingerprint density at radius 1 is 1.28 bits per heavy atom. The maximum atomic E-state index is 12.6. The van der Waals surface area contributed by atoms with E-state index >= 15 is 0 Å². The van der Waals surface area contributed by atoms with Gasteiger partial charge in [-0.3, -0.25) is 9.48 Å². The molecule has 3 heterocycles. The van der Waals surface area contributed by atoms with E-state index in [2.05, 4.69) is 27.9 Å². The van der Waals surface area contributed by atoms with E-state index in [9.17, 15) is 14.7 Å². The summed E-state index contributed by atoms with van der Waals surface area (Å²) in [5.74, 6) is 0.164. The Balaban J connectivity index is 1.03. The summed E-state index contributed by atoms with van der Waals surface area (Å²) in [6, 6.07) is 8.50. The van der Waals surface area contributed by atoms with Crippen LogP contribution in [0.15, 0.2) is 36.5 Å². The number of aliphatic carboxylic acids is 1. The van der Waals surface area contributed by atoms with E-state index in [4.69, 9.17) is 9.72 Å². The van der Waals surface area contributed by atoms with E-state index in [1.807, 2.05) is 19.3 Å². The number of anilines is 1. The summed E-state index contributed by atoms with van der Waals surface area (Å²) in [6.07, 6.45) is 8.52. The number of carboxylic acid groups (broad SMARTS) is 1. The molecule has 0 unspecified atom stereocenters. The molecule has 5 rings (SSSR count). The number of carboxylic acids is 1. The molecule has 9 nitrogen and oxygen atoms in total. The monoisotopic (exact) mass is 491 g/mol. The molecule has 0 spiro atoms. The lowest BCUT2D eigenvalue weighted by molar-refractivity contribution is -0.140. The second kappa shape index (κ2) is 10.7. The van der Waals surface area contributed by atoms with Crippen LogP contribution < -0.4 is 10.6 Å². The van der Waals surface area contributed by atoms with Gasteiger partial charge in [0.15, 0.2) is 0 Å². The summed E-state index contributed by atoms with van der Waals surface area (Å²) < 4.78 is 7.59. The van der Waals surface area contributed by atoms with Gasteiger partial charge in [-0.1, -0.05) is 12.1 Å². The molecule has 2 aromatic heterocycles. The molecule has 1 amide bonds. The van der Waals surface area contributed by atoms with Crippen molar-refractivity contribution in [2.45, 2.75) is 57.1 Å². The number of hydrogen-bond donors (Lipinski definition) is 3. The molecule has 1 aliphatic heterocycles. The first-order chi connectivity index (χ1) is 17.4. The molecule has 0 saturated heterocycles. The minimum Gasteiger partial charge on any atom is -0.480 e. The number of carbonyl (C=O) groups excluding carboxylic acids is 1. The van der Waals surface area contributed by atoms with Gasteiger partial charge < -0.3 is 20.5 Å². The van der Waals surface area contributed by atoms with E-state index in [0.717, 1.165) is 55.5 Å². The van der Waals surface area contributed by atoms with Gasteiger partial charge >= 0.3 is 5.97 Å². The Labute approximate surface area is 210 Å². The number of aromatic nitrogens is 3. The number of amides is 1. The Morgan fingerprint density at radius 2 is 2.14 bits per heavy atom. The second-order valence-electron chi connectivity index (χ2n) is 9.94. The summed E-state index contributed by atoms with van der Waals surface area (Å²) >= 11 is 0. The predicted molar refractivity (Wildman–Crippen MR) is 136 cm³/mol. The summed E-state index contributed by atoms with van der Waals surface area (Å²) in [6.45, 7) is 1.30. The highest BCUT2D eigenvalue weighted by molar-refractivity contribution is 5.99. The van der Waals surface area contributed by atoms with Crippen molar-refractivity contribution in [3.63, 3.8) is 0 Å². The molecule has 0 radical (unpaired) electrons. The van der Waals surface area contributed by atoms with E-state index in [-0.39, 0.29) is 12.5 Å². The van der Waals surface area contributed by atoms with E-state index in [0.29, 0.717) is 23.6 Å². The van der Waals surface area contributed by atoms with Crippen molar-refractivity contribution >= 4 is 28.6 Å². The number of fused-ring (bicyclic) bond motifs is 2. The van der Waals surface area contributed by atoms with Gasteiger partial charge in [0.2, 0.25) is 0 Å². The minimum absolute atomic E-state index is 0.157. The minimum atomic E-state index is -1.07. The zero-order valence-electron chi connectivity index (χ0n) is 20.6. The third kappa shape index (κ3) is 5.67. The fraction of sp³-hybridized carbons (Fsp3) is 0.481. The van der Waals surface area contributed by atoms with E-state index < -0.39 is 17.9 Å². The van der Waals surface area contributed by atoms with Crippen molar-refractivity contribution in [3.8, 4) is 0 Å². The number of pyridine rings is 1. The SMILES string of the molecule is Cn1cc2ccc(C(=O)N[C@@H](CCO[C@H]3C[C@H](CCc4ccc5c(n4)NCCC5)C3)C(=O)O)cc2n1. The molecular formula is C27H33N5O4. The molecule has 3 aromatic rings. The largest absolute Gasteiger partial charge is 0.480 e. The van der Waals surface area contributed by atoms with Crippen LogP contribution in [0, 0.1) is 5.92 Å². The van der Waals surface area contributed by atoms with Crippen molar-refractivity contribution in [1.29, 1.82) is 0 Å². The summed E-state index contributed by atoms with van der Waals surface area (Å²) in [5, 5.41) is 20.8. The fourth-order valence-electron chi connectivity index (χ4n) is 5.04. The topological polar surface area (TPSA) is 118 Å².